The van der Waals surface area contributed by atoms with E-state index in [4.69, 9.17) is 10.5 Å². The molecule has 0 saturated heterocycles. The van der Waals surface area contributed by atoms with E-state index in [1.165, 1.54) is 4.68 Å². The van der Waals surface area contributed by atoms with Crippen LogP contribution in [-0.4, -0.2) is 54.6 Å². The fourth-order valence-corrected chi connectivity index (χ4v) is 3.18. The van der Waals surface area contributed by atoms with E-state index in [1.807, 2.05) is 24.3 Å². The molecule has 1 unspecified atom stereocenters. The summed E-state index contributed by atoms with van der Waals surface area (Å²) in [5.74, 6) is 0.721. The number of hydrogen-bond acceptors (Lipinski definition) is 7. The Bertz CT molecular complexity index is 934. The normalized spacial score (nSPS) is 16.3. The molecular formula is C16H18N8O2. The van der Waals surface area contributed by atoms with E-state index in [0.29, 0.717) is 13.1 Å². The van der Waals surface area contributed by atoms with Gasteiger partial charge >= 0.3 is 0 Å². The van der Waals surface area contributed by atoms with E-state index in [1.54, 1.807) is 18.3 Å². The lowest BCUT2D eigenvalue weighted by Crippen LogP contribution is -2.40. The number of nitrogens with two attached hydrogens (primary N) is 1. The number of imidazole rings is 1. The first-order chi connectivity index (χ1) is 12.7. The van der Waals surface area contributed by atoms with Crippen molar-refractivity contribution in [3.05, 3.63) is 47.5 Å². The predicted molar refractivity (Wildman–Crippen MR) is 91.1 cm³/mol. The smallest absolute Gasteiger partial charge is 0.244 e. The van der Waals surface area contributed by atoms with Crippen LogP contribution < -0.4 is 10.5 Å². The topological polar surface area (TPSA) is 128 Å². The van der Waals surface area contributed by atoms with Gasteiger partial charge in [0.25, 0.3) is 0 Å². The lowest BCUT2D eigenvalue weighted by atomic mass is 9.90. The SMILES string of the molecule is COc1cccc(C2CN(C(=O)Cn3nnnc3N)Cc3[nH]cnc32)c1. The molecule has 26 heavy (non-hydrogen) atoms. The number of ether oxygens (including phenoxy) is 1. The molecule has 3 aromatic rings. The molecule has 0 bridgehead atoms. The number of anilines is 1. The minimum absolute atomic E-state index is 0.00681. The van der Waals surface area contributed by atoms with E-state index in [0.717, 1.165) is 22.7 Å². The molecule has 1 aromatic carbocycles. The quantitative estimate of drug-likeness (QED) is 0.683. The molecule has 0 saturated carbocycles. The van der Waals surface area contributed by atoms with Crippen molar-refractivity contribution in [3.8, 4) is 5.75 Å². The zero-order valence-corrected chi connectivity index (χ0v) is 14.2. The number of tetrazole rings is 1. The maximum atomic E-state index is 12.7. The number of aromatic nitrogens is 6. The number of nitrogen functional groups attached to an aromatic ring is 1. The summed E-state index contributed by atoms with van der Waals surface area (Å²) in [6.07, 6.45) is 1.66. The Morgan fingerprint density at radius 1 is 1.46 bits per heavy atom. The first-order valence-electron chi connectivity index (χ1n) is 8.11. The Morgan fingerprint density at radius 3 is 3.12 bits per heavy atom. The number of rotatable bonds is 4. The number of amides is 1. The van der Waals surface area contributed by atoms with E-state index >= 15 is 0 Å². The predicted octanol–water partition coefficient (Wildman–Crippen LogP) is 0.161. The maximum Gasteiger partial charge on any atom is 0.244 e. The highest BCUT2D eigenvalue weighted by Crippen LogP contribution is 2.33. The summed E-state index contributed by atoms with van der Waals surface area (Å²) < 4.78 is 6.61. The number of benzene rings is 1. The number of nitrogens with zero attached hydrogens (tertiary/aromatic N) is 6. The zero-order chi connectivity index (χ0) is 18.1. The minimum Gasteiger partial charge on any atom is -0.497 e. The highest BCUT2D eigenvalue weighted by Gasteiger charge is 2.31. The van der Waals surface area contributed by atoms with Crippen molar-refractivity contribution < 1.29 is 9.53 Å². The van der Waals surface area contributed by atoms with Crippen molar-refractivity contribution in [2.75, 3.05) is 19.4 Å². The second kappa shape index (κ2) is 6.47. The van der Waals surface area contributed by atoms with Gasteiger partial charge in [-0.2, -0.15) is 0 Å². The van der Waals surface area contributed by atoms with Gasteiger partial charge in [0.05, 0.1) is 31.4 Å². The minimum atomic E-state index is -0.114. The van der Waals surface area contributed by atoms with Gasteiger partial charge in [0.2, 0.25) is 11.9 Å². The van der Waals surface area contributed by atoms with Gasteiger partial charge < -0.3 is 20.4 Å². The molecule has 3 N–H and O–H groups in total. The summed E-state index contributed by atoms with van der Waals surface area (Å²) in [6, 6.07) is 7.81. The van der Waals surface area contributed by atoms with Crippen molar-refractivity contribution >= 4 is 11.9 Å². The van der Waals surface area contributed by atoms with Gasteiger partial charge in [-0.05, 0) is 28.1 Å². The van der Waals surface area contributed by atoms with E-state index in [-0.39, 0.29) is 24.3 Å². The van der Waals surface area contributed by atoms with Gasteiger partial charge in [-0.15, -0.1) is 0 Å². The number of aromatic amines is 1. The molecule has 2 aromatic heterocycles. The van der Waals surface area contributed by atoms with Crippen LogP contribution >= 0.6 is 0 Å². The summed E-state index contributed by atoms with van der Waals surface area (Å²) in [5, 5.41) is 10.8. The molecule has 1 aliphatic heterocycles. The average molecular weight is 354 g/mol. The van der Waals surface area contributed by atoms with Crippen molar-refractivity contribution in [2.45, 2.75) is 19.0 Å². The van der Waals surface area contributed by atoms with Crippen LogP contribution in [0.1, 0.15) is 22.9 Å². The molecule has 10 heteroatoms. The van der Waals surface area contributed by atoms with Crippen LogP contribution in [0.4, 0.5) is 5.95 Å². The van der Waals surface area contributed by atoms with E-state index in [2.05, 4.69) is 25.5 Å². The fraction of sp³-hybridized carbons (Fsp3) is 0.312. The van der Waals surface area contributed by atoms with Gasteiger partial charge in [0.15, 0.2) is 0 Å². The Kier molecular flexibility index (Phi) is 3.99. The number of H-pyrrole nitrogens is 1. The largest absolute Gasteiger partial charge is 0.497 e. The number of nitrogens with one attached hydrogen (secondary N) is 1. The number of methoxy groups -OCH3 is 1. The van der Waals surface area contributed by atoms with Gasteiger partial charge in [0.1, 0.15) is 12.3 Å². The molecule has 134 valence electrons. The molecule has 1 amide bonds. The summed E-state index contributed by atoms with van der Waals surface area (Å²) in [5.41, 5.74) is 8.56. The Hall–Kier alpha value is -3.43. The third kappa shape index (κ3) is 2.85. The summed E-state index contributed by atoms with van der Waals surface area (Å²) in [7, 11) is 1.63. The molecule has 10 nitrogen and oxygen atoms in total. The lowest BCUT2D eigenvalue weighted by Gasteiger charge is -2.32. The van der Waals surface area contributed by atoms with Gasteiger partial charge in [-0.3, -0.25) is 4.79 Å². The number of hydrogen-bond donors (Lipinski definition) is 2. The molecule has 0 aliphatic carbocycles. The van der Waals surface area contributed by atoms with Crippen LogP contribution in [0.15, 0.2) is 30.6 Å². The fourth-order valence-electron chi connectivity index (χ4n) is 3.18. The van der Waals surface area contributed by atoms with Crippen molar-refractivity contribution in [1.29, 1.82) is 0 Å². The Labute approximate surface area is 149 Å². The zero-order valence-electron chi connectivity index (χ0n) is 14.2. The monoisotopic (exact) mass is 354 g/mol. The molecule has 0 spiro atoms. The lowest BCUT2D eigenvalue weighted by molar-refractivity contribution is -0.133. The Balaban J connectivity index is 1.61. The molecule has 1 atom stereocenters. The summed E-state index contributed by atoms with van der Waals surface area (Å²) in [6.45, 7) is 0.954. The third-order valence-corrected chi connectivity index (χ3v) is 4.53. The average Bonchev–Trinajstić information content (AvgIpc) is 3.30. The van der Waals surface area contributed by atoms with Gasteiger partial charge in [0, 0.05) is 12.5 Å². The van der Waals surface area contributed by atoms with Crippen LogP contribution in [0.2, 0.25) is 0 Å². The number of carbonyl (C=O) groups is 1. The second-order valence-electron chi connectivity index (χ2n) is 6.06. The number of fused-ring (bicyclic) bond motifs is 1. The van der Waals surface area contributed by atoms with Crippen LogP contribution in [0.5, 0.6) is 5.75 Å². The van der Waals surface area contributed by atoms with Crippen LogP contribution in [-0.2, 0) is 17.9 Å². The molecule has 0 fully saturated rings. The highest BCUT2D eigenvalue weighted by molar-refractivity contribution is 5.76. The molecule has 0 radical (unpaired) electrons. The van der Waals surface area contributed by atoms with E-state index < -0.39 is 0 Å². The first kappa shape index (κ1) is 16.1. The van der Waals surface area contributed by atoms with Crippen LogP contribution in [0.3, 0.4) is 0 Å². The number of carbonyl (C=O) groups excluding carboxylic acids is 1. The van der Waals surface area contributed by atoms with E-state index in [9.17, 15) is 4.79 Å². The standard InChI is InChI=1S/C16H18N8O2/c1-26-11-4-2-3-10(5-11)12-6-23(7-13-15(12)19-9-18-13)14(25)8-24-16(17)20-21-22-24/h2-5,9,12H,6-8H2,1H3,(H,18,19)(H2,17,20,22). The van der Waals surface area contributed by atoms with Crippen molar-refractivity contribution in [3.63, 3.8) is 0 Å². The summed E-state index contributed by atoms with van der Waals surface area (Å²) >= 11 is 0. The maximum absolute atomic E-state index is 12.7. The third-order valence-electron chi connectivity index (χ3n) is 4.53. The second-order valence-corrected chi connectivity index (χ2v) is 6.06. The molecular weight excluding hydrogens is 336 g/mol. The summed E-state index contributed by atoms with van der Waals surface area (Å²) in [4.78, 5) is 22.1. The van der Waals surface area contributed by atoms with Crippen molar-refractivity contribution in [2.24, 2.45) is 0 Å². The highest BCUT2D eigenvalue weighted by atomic mass is 16.5. The molecule has 3 heterocycles. The van der Waals surface area contributed by atoms with Crippen LogP contribution in [0.25, 0.3) is 0 Å². The Morgan fingerprint density at radius 2 is 2.35 bits per heavy atom. The molecule has 4 rings (SSSR count). The molecule has 1 aliphatic rings. The van der Waals surface area contributed by atoms with Crippen LogP contribution in [0, 0.1) is 0 Å². The van der Waals surface area contributed by atoms with Crippen molar-refractivity contribution in [1.82, 2.24) is 35.1 Å². The first-order valence-corrected chi connectivity index (χ1v) is 8.11. The van der Waals surface area contributed by atoms with Gasteiger partial charge in [-0.1, -0.05) is 17.2 Å². The van der Waals surface area contributed by atoms with Gasteiger partial charge in [-0.25, -0.2) is 9.67 Å².